The standard InChI is InChI=1S/C25H27ClFN7O3/c1-33-23(5-6-31-33)32-22-9-21(20(26)11-30-22)29-10-16-8-19(14-37-2)34(25(36)24(16)28)12-17-7-18(27)4-3-15(17)13-35/h3-7,9-11,19,28,35H,8,12-14H2,1-2H3,(H2,29,30,32)/b16-10-,28-24?/t19-/m1/s1. The number of hydrogen-bond acceptors (Lipinski definition) is 8. The van der Waals surface area contributed by atoms with Gasteiger partial charge >= 0.3 is 0 Å². The van der Waals surface area contributed by atoms with Gasteiger partial charge in [0.2, 0.25) is 0 Å². The molecule has 4 N–H and O–H groups in total. The van der Waals surface area contributed by atoms with E-state index in [0.717, 1.165) is 5.82 Å². The van der Waals surface area contributed by atoms with Gasteiger partial charge in [0.25, 0.3) is 5.91 Å². The lowest BCUT2D eigenvalue weighted by Crippen LogP contribution is -2.50. The lowest BCUT2D eigenvalue weighted by molar-refractivity contribution is -0.129. The van der Waals surface area contributed by atoms with Gasteiger partial charge in [-0.2, -0.15) is 5.10 Å². The van der Waals surface area contributed by atoms with E-state index >= 15 is 0 Å². The summed E-state index contributed by atoms with van der Waals surface area (Å²) in [6.45, 7) is -0.0268. The zero-order valence-electron chi connectivity index (χ0n) is 20.3. The Morgan fingerprint density at radius 2 is 2.14 bits per heavy atom. The molecule has 3 aromatic rings. The molecule has 3 heterocycles. The van der Waals surface area contributed by atoms with Crippen molar-refractivity contribution in [1.82, 2.24) is 19.7 Å². The molecule has 1 aliphatic rings. The number of amides is 1. The number of pyridine rings is 1. The Kier molecular flexibility index (Phi) is 8.17. The van der Waals surface area contributed by atoms with Crippen molar-refractivity contribution in [2.75, 3.05) is 24.4 Å². The Morgan fingerprint density at radius 1 is 1.32 bits per heavy atom. The summed E-state index contributed by atoms with van der Waals surface area (Å²) in [4.78, 5) is 19.0. The molecule has 1 aromatic carbocycles. The Bertz CT molecular complexity index is 1340. The predicted molar refractivity (Wildman–Crippen MR) is 138 cm³/mol. The van der Waals surface area contributed by atoms with Crippen molar-refractivity contribution >= 4 is 40.5 Å². The second-order valence-electron chi connectivity index (χ2n) is 8.52. The molecule has 10 nitrogen and oxygen atoms in total. The lowest BCUT2D eigenvalue weighted by atomic mass is 9.94. The quantitative estimate of drug-likeness (QED) is 0.334. The minimum atomic E-state index is -0.520. The van der Waals surface area contributed by atoms with Crippen LogP contribution in [0, 0.1) is 11.2 Å². The highest BCUT2D eigenvalue weighted by Gasteiger charge is 2.35. The molecule has 12 heteroatoms. The molecule has 1 atom stereocenters. The molecule has 1 fully saturated rings. The van der Waals surface area contributed by atoms with Gasteiger partial charge in [0.1, 0.15) is 23.2 Å². The van der Waals surface area contributed by atoms with Gasteiger partial charge in [-0.1, -0.05) is 17.7 Å². The minimum Gasteiger partial charge on any atom is -0.392 e. The van der Waals surface area contributed by atoms with Gasteiger partial charge in [0.05, 0.1) is 42.4 Å². The highest BCUT2D eigenvalue weighted by atomic mass is 35.5. The Morgan fingerprint density at radius 3 is 2.84 bits per heavy atom. The van der Waals surface area contributed by atoms with Crippen molar-refractivity contribution in [2.24, 2.45) is 7.05 Å². The summed E-state index contributed by atoms with van der Waals surface area (Å²) in [6, 6.07) is 7.15. The number of carbonyl (C=O) groups is 1. The normalized spacial score (nSPS) is 16.9. The third-order valence-electron chi connectivity index (χ3n) is 6.06. The number of carbonyl (C=O) groups excluding carboxylic acids is 1. The second kappa shape index (κ2) is 11.5. The van der Waals surface area contributed by atoms with Crippen molar-refractivity contribution in [3.8, 4) is 0 Å². The molecule has 0 saturated carbocycles. The van der Waals surface area contributed by atoms with Crippen molar-refractivity contribution < 1.29 is 19.0 Å². The maximum Gasteiger partial charge on any atom is 0.272 e. The molecule has 0 spiro atoms. The van der Waals surface area contributed by atoms with Gasteiger partial charge in [-0.25, -0.2) is 9.37 Å². The van der Waals surface area contributed by atoms with E-state index in [4.69, 9.17) is 21.7 Å². The number of piperidine rings is 1. The van der Waals surface area contributed by atoms with Crippen molar-refractivity contribution in [1.29, 1.82) is 5.41 Å². The molecular weight excluding hydrogens is 501 g/mol. The number of aryl methyl sites for hydroxylation is 1. The molecule has 0 bridgehead atoms. The fourth-order valence-corrected chi connectivity index (χ4v) is 4.23. The summed E-state index contributed by atoms with van der Waals surface area (Å²) in [5, 5.41) is 28.8. The molecule has 1 aliphatic heterocycles. The van der Waals surface area contributed by atoms with E-state index in [0.29, 0.717) is 39.6 Å². The number of benzene rings is 1. The summed E-state index contributed by atoms with van der Waals surface area (Å²) < 4.78 is 20.9. The van der Waals surface area contributed by atoms with Crippen LogP contribution in [0.4, 0.5) is 21.7 Å². The van der Waals surface area contributed by atoms with Gasteiger partial charge in [0, 0.05) is 44.6 Å². The third kappa shape index (κ3) is 5.96. The lowest BCUT2D eigenvalue weighted by Gasteiger charge is -2.37. The maximum atomic E-state index is 13.9. The first-order chi connectivity index (χ1) is 17.8. The number of aromatic nitrogens is 3. The summed E-state index contributed by atoms with van der Waals surface area (Å²) in [7, 11) is 3.32. The van der Waals surface area contributed by atoms with E-state index in [1.54, 1.807) is 36.3 Å². The summed E-state index contributed by atoms with van der Waals surface area (Å²) in [6.07, 6.45) is 5.06. The zero-order valence-corrected chi connectivity index (χ0v) is 21.1. The van der Waals surface area contributed by atoms with E-state index in [-0.39, 0.29) is 25.5 Å². The van der Waals surface area contributed by atoms with E-state index in [1.807, 2.05) is 0 Å². The summed E-state index contributed by atoms with van der Waals surface area (Å²) >= 11 is 6.33. The number of aliphatic hydroxyl groups excluding tert-OH is 1. The molecule has 2 aromatic heterocycles. The van der Waals surface area contributed by atoms with Crippen molar-refractivity contribution in [3.05, 3.63) is 76.5 Å². The Balaban J connectivity index is 1.54. The smallest absolute Gasteiger partial charge is 0.272 e. The van der Waals surface area contributed by atoms with E-state index < -0.39 is 17.8 Å². The number of nitrogens with zero attached hydrogens (tertiary/aromatic N) is 4. The average Bonchev–Trinajstić information content (AvgIpc) is 3.28. The number of rotatable bonds is 9. The minimum absolute atomic E-state index is 0.0445. The Labute approximate surface area is 218 Å². The molecule has 0 aliphatic carbocycles. The average molecular weight is 528 g/mol. The van der Waals surface area contributed by atoms with Crippen molar-refractivity contribution in [3.63, 3.8) is 0 Å². The molecule has 0 radical (unpaired) electrons. The van der Waals surface area contributed by atoms with Crippen molar-refractivity contribution in [2.45, 2.75) is 25.6 Å². The van der Waals surface area contributed by atoms with Crippen LogP contribution < -0.4 is 10.6 Å². The van der Waals surface area contributed by atoms with Crippen LogP contribution in [0.25, 0.3) is 0 Å². The highest BCUT2D eigenvalue weighted by Crippen LogP contribution is 2.28. The molecule has 4 rings (SSSR count). The van der Waals surface area contributed by atoms with Gasteiger partial charge < -0.3 is 25.4 Å². The number of hydrogen-bond donors (Lipinski definition) is 4. The zero-order chi connectivity index (χ0) is 26.5. The predicted octanol–water partition coefficient (Wildman–Crippen LogP) is 3.61. The van der Waals surface area contributed by atoms with Crippen LogP contribution in [-0.2, 0) is 29.7 Å². The van der Waals surface area contributed by atoms with Gasteiger partial charge in [0.15, 0.2) is 0 Å². The first-order valence-corrected chi connectivity index (χ1v) is 11.8. The maximum absolute atomic E-state index is 13.9. The fourth-order valence-electron chi connectivity index (χ4n) is 4.08. The summed E-state index contributed by atoms with van der Waals surface area (Å²) in [5.41, 5.74) is 1.81. The van der Waals surface area contributed by atoms with Crippen LogP contribution in [0.2, 0.25) is 5.02 Å². The molecule has 1 amide bonds. The topological polar surface area (TPSA) is 128 Å². The first kappa shape index (κ1) is 26.3. The number of aliphatic hydroxyl groups is 1. The highest BCUT2D eigenvalue weighted by molar-refractivity contribution is 6.44. The Hall–Kier alpha value is -3.80. The van der Waals surface area contributed by atoms with Crippen LogP contribution in [0.1, 0.15) is 17.5 Å². The second-order valence-corrected chi connectivity index (χ2v) is 8.93. The number of likely N-dealkylation sites (tertiary alicyclic amines) is 1. The van der Waals surface area contributed by atoms with E-state index in [9.17, 15) is 14.3 Å². The van der Waals surface area contributed by atoms with Crippen LogP contribution in [0.5, 0.6) is 0 Å². The molecular formula is C25H27ClFN7O3. The van der Waals surface area contributed by atoms with Crippen LogP contribution >= 0.6 is 11.6 Å². The van der Waals surface area contributed by atoms with Gasteiger partial charge in [-0.15, -0.1) is 0 Å². The molecule has 1 saturated heterocycles. The number of anilines is 3. The van der Waals surface area contributed by atoms with Gasteiger partial charge in [-0.05, 0) is 29.7 Å². The van der Waals surface area contributed by atoms with Gasteiger partial charge in [-0.3, -0.25) is 14.9 Å². The summed E-state index contributed by atoms with van der Waals surface area (Å²) in [5.74, 6) is 0.283. The SMILES string of the molecule is COC[C@H]1C/C(=C/Nc2cc(Nc3ccnn3C)ncc2Cl)C(=N)C(=O)N1Cc1cc(F)ccc1CO. The monoisotopic (exact) mass is 527 g/mol. The van der Waals surface area contributed by atoms with Crippen LogP contribution in [-0.4, -0.2) is 56.1 Å². The molecule has 0 unspecified atom stereocenters. The number of methoxy groups -OCH3 is 1. The first-order valence-electron chi connectivity index (χ1n) is 11.4. The fraction of sp³-hybridized carbons (Fsp3) is 0.280. The molecule has 194 valence electrons. The van der Waals surface area contributed by atoms with E-state index in [2.05, 4.69) is 20.7 Å². The molecule has 37 heavy (non-hydrogen) atoms. The number of nitrogens with one attached hydrogen (secondary N) is 3. The number of ether oxygens (including phenoxy) is 1. The number of halogens is 2. The largest absolute Gasteiger partial charge is 0.392 e. The van der Waals surface area contributed by atoms with Crippen LogP contribution in [0.3, 0.4) is 0 Å². The third-order valence-corrected chi connectivity index (χ3v) is 6.37. The van der Waals surface area contributed by atoms with E-state index in [1.165, 1.54) is 36.4 Å². The van der Waals surface area contributed by atoms with Crippen LogP contribution in [0.15, 0.2) is 54.5 Å².